The van der Waals surface area contributed by atoms with E-state index in [9.17, 15) is 9.59 Å². The Bertz CT molecular complexity index is 1280. The number of fused-ring (bicyclic) bond motifs is 1. The van der Waals surface area contributed by atoms with Gasteiger partial charge in [-0.05, 0) is 48.0 Å². The topological polar surface area (TPSA) is 74.8 Å². The Morgan fingerprint density at radius 3 is 2.60 bits per heavy atom. The summed E-state index contributed by atoms with van der Waals surface area (Å²) in [6.07, 6.45) is 0.254. The molecule has 0 atom stereocenters. The molecule has 0 saturated heterocycles. The van der Waals surface area contributed by atoms with E-state index in [2.05, 4.69) is 15.3 Å². The molecule has 0 fully saturated rings. The lowest BCUT2D eigenvalue weighted by atomic mass is 10.0. The van der Waals surface area contributed by atoms with E-state index in [1.807, 2.05) is 12.1 Å². The standard InChI is InChI=1S/C23H17Cl2N3O2/c1-13(29)26-19-7-3-6-17(25)22(19)23-27-18-9-8-15(12-20(18)28-23)21(30)11-14-4-2-5-16(24)10-14/h2-10,12H,11H2,1H3,(H,26,29)(H,27,28). The number of H-pyrrole nitrogens is 1. The van der Waals surface area contributed by atoms with E-state index < -0.39 is 0 Å². The quantitative estimate of drug-likeness (QED) is 0.380. The second-order valence-electron chi connectivity index (χ2n) is 6.89. The van der Waals surface area contributed by atoms with Crippen molar-refractivity contribution in [2.45, 2.75) is 13.3 Å². The Balaban J connectivity index is 1.68. The summed E-state index contributed by atoms with van der Waals surface area (Å²) < 4.78 is 0. The zero-order chi connectivity index (χ0) is 21.3. The molecule has 0 bridgehead atoms. The third-order valence-electron chi connectivity index (χ3n) is 4.62. The molecule has 0 aliphatic heterocycles. The van der Waals surface area contributed by atoms with Crippen molar-refractivity contribution < 1.29 is 9.59 Å². The molecule has 5 nitrogen and oxygen atoms in total. The van der Waals surface area contributed by atoms with Gasteiger partial charge in [0.1, 0.15) is 5.82 Å². The minimum Gasteiger partial charge on any atom is -0.338 e. The molecule has 150 valence electrons. The SMILES string of the molecule is CC(=O)Nc1cccc(Cl)c1-c1nc2ccc(C(=O)Cc3cccc(Cl)c3)cc2[nH]1. The maximum absolute atomic E-state index is 12.7. The number of aromatic amines is 1. The fourth-order valence-electron chi connectivity index (χ4n) is 3.29. The second-order valence-corrected chi connectivity index (χ2v) is 7.73. The van der Waals surface area contributed by atoms with Crippen LogP contribution in [0.5, 0.6) is 0 Å². The van der Waals surface area contributed by atoms with E-state index in [0.29, 0.717) is 43.7 Å². The summed E-state index contributed by atoms with van der Waals surface area (Å²) in [4.78, 5) is 32.1. The Morgan fingerprint density at radius 2 is 1.83 bits per heavy atom. The van der Waals surface area contributed by atoms with Gasteiger partial charge in [0.05, 0.1) is 27.3 Å². The number of aromatic nitrogens is 2. The fourth-order valence-corrected chi connectivity index (χ4v) is 3.77. The molecule has 30 heavy (non-hydrogen) atoms. The number of benzene rings is 3. The number of anilines is 1. The minimum atomic E-state index is -0.205. The maximum atomic E-state index is 12.7. The third kappa shape index (κ3) is 4.22. The average Bonchev–Trinajstić information content (AvgIpc) is 3.10. The van der Waals surface area contributed by atoms with Gasteiger partial charge in [-0.15, -0.1) is 0 Å². The molecule has 1 amide bonds. The highest BCUT2D eigenvalue weighted by atomic mass is 35.5. The molecule has 3 aromatic carbocycles. The highest BCUT2D eigenvalue weighted by Gasteiger charge is 2.16. The number of ketones is 1. The van der Waals surface area contributed by atoms with Gasteiger partial charge in [0, 0.05) is 23.9 Å². The number of carbonyl (C=O) groups is 2. The van der Waals surface area contributed by atoms with Gasteiger partial charge in [-0.25, -0.2) is 4.98 Å². The maximum Gasteiger partial charge on any atom is 0.221 e. The summed E-state index contributed by atoms with van der Waals surface area (Å²) in [5, 5.41) is 3.83. The first kappa shape index (κ1) is 20.1. The molecule has 0 radical (unpaired) electrons. The number of imidazole rings is 1. The molecular weight excluding hydrogens is 421 g/mol. The number of nitrogens with zero attached hydrogens (tertiary/aromatic N) is 1. The normalized spacial score (nSPS) is 10.9. The molecular formula is C23H17Cl2N3O2. The van der Waals surface area contributed by atoms with Gasteiger partial charge >= 0.3 is 0 Å². The lowest BCUT2D eigenvalue weighted by Gasteiger charge is -2.09. The van der Waals surface area contributed by atoms with Crippen LogP contribution in [0.4, 0.5) is 5.69 Å². The molecule has 7 heteroatoms. The second kappa shape index (κ2) is 8.30. The number of Topliss-reactive ketones (excluding diaryl/α,β-unsaturated/α-hetero) is 1. The van der Waals surface area contributed by atoms with Crippen molar-refractivity contribution in [2.24, 2.45) is 0 Å². The van der Waals surface area contributed by atoms with Crippen molar-refractivity contribution >= 4 is 51.6 Å². The van der Waals surface area contributed by atoms with E-state index in [1.54, 1.807) is 48.5 Å². The predicted octanol–water partition coefficient (Wildman–Crippen LogP) is 5.92. The third-order valence-corrected chi connectivity index (χ3v) is 5.17. The lowest BCUT2D eigenvalue weighted by molar-refractivity contribution is -0.114. The molecule has 1 heterocycles. The summed E-state index contributed by atoms with van der Waals surface area (Å²) in [6.45, 7) is 1.43. The van der Waals surface area contributed by atoms with E-state index in [1.165, 1.54) is 6.92 Å². The van der Waals surface area contributed by atoms with Crippen molar-refractivity contribution in [3.8, 4) is 11.4 Å². The molecule has 0 saturated carbocycles. The van der Waals surface area contributed by atoms with Crippen LogP contribution in [-0.2, 0) is 11.2 Å². The van der Waals surface area contributed by atoms with Crippen molar-refractivity contribution in [3.63, 3.8) is 0 Å². The first-order valence-corrected chi connectivity index (χ1v) is 10.00. The van der Waals surface area contributed by atoms with Crippen LogP contribution in [0.1, 0.15) is 22.8 Å². The summed E-state index contributed by atoms with van der Waals surface area (Å²) in [5.41, 5.74) is 3.98. The summed E-state index contributed by atoms with van der Waals surface area (Å²) in [6, 6.07) is 17.8. The van der Waals surface area contributed by atoms with E-state index in [4.69, 9.17) is 23.2 Å². The lowest BCUT2D eigenvalue weighted by Crippen LogP contribution is -2.07. The smallest absolute Gasteiger partial charge is 0.221 e. The van der Waals surface area contributed by atoms with E-state index in [-0.39, 0.29) is 18.1 Å². The number of hydrogen-bond acceptors (Lipinski definition) is 3. The number of amides is 1. The Labute approximate surface area is 183 Å². The van der Waals surface area contributed by atoms with Crippen LogP contribution in [0.3, 0.4) is 0 Å². The van der Waals surface area contributed by atoms with E-state index in [0.717, 1.165) is 5.56 Å². The first-order chi connectivity index (χ1) is 14.4. The van der Waals surface area contributed by atoms with Gasteiger partial charge in [-0.3, -0.25) is 9.59 Å². The molecule has 2 N–H and O–H groups in total. The number of halogens is 2. The Morgan fingerprint density at radius 1 is 1.03 bits per heavy atom. The van der Waals surface area contributed by atoms with Crippen LogP contribution in [0, 0.1) is 0 Å². The van der Waals surface area contributed by atoms with Gasteiger partial charge in [0.15, 0.2) is 5.78 Å². The van der Waals surface area contributed by atoms with Gasteiger partial charge in [0.2, 0.25) is 5.91 Å². The minimum absolute atomic E-state index is 0.0213. The molecule has 0 spiro atoms. The predicted molar refractivity (Wildman–Crippen MR) is 120 cm³/mol. The Kier molecular flexibility index (Phi) is 5.57. The van der Waals surface area contributed by atoms with Gasteiger partial charge in [-0.1, -0.05) is 41.4 Å². The number of nitrogens with one attached hydrogen (secondary N) is 2. The average molecular weight is 438 g/mol. The van der Waals surface area contributed by atoms with Gasteiger partial charge in [-0.2, -0.15) is 0 Å². The van der Waals surface area contributed by atoms with Crippen LogP contribution in [0.15, 0.2) is 60.7 Å². The zero-order valence-corrected chi connectivity index (χ0v) is 17.5. The molecule has 0 unspecified atom stereocenters. The number of carbonyl (C=O) groups excluding carboxylic acids is 2. The molecule has 4 aromatic rings. The summed E-state index contributed by atoms with van der Waals surface area (Å²) in [7, 11) is 0. The van der Waals surface area contributed by atoms with Crippen molar-refractivity contribution in [1.82, 2.24) is 9.97 Å². The molecule has 0 aliphatic carbocycles. The molecule has 4 rings (SSSR count). The molecule has 1 aromatic heterocycles. The van der Waals surface area contributed by atoms with Gasteiger partial charge < -0.3 is 10.3 Å². The van der Waals surface area contributed by atoms with Crippen molar-refractivity contribution in [3.05, 3.63) is 81.8 Å². The highest BCUT2D eigenvalue weighted by Crippen LogP contribution is 2.34. The Hall–Kier alpha value is -3.15. The monoisotopic (exact) mass is 437 g/mol. The van der Waals surface area contributed by atoms with E-state index >= 15 is 0 Å². The fraction of sp³-hybridized carbons (Fsp3) is 0.0870. The first-order valence-electron chi connectivity index (χ1n) is 9.24. The van der Waals surface area contributed by atoms with Crippen LogP contribution < -0.4 is 5.32 Å². The number of rotatable bonds is 5. The summed E-state index contributed by atoms with van der Waals surface area (Å²) >= 11 is 12.4. The van der Waals surface area contributed by atoms with Crippen LogP contribution in [0.25, 0.3) is 22.4 Å². The largest absolute Gasteiger partial charge is 0.338 e. The van der Waals surface area contributed by atoms with Crippen LogP contribution in [0.2, 0.25) is 10.0 Å². The summed E-state index contributed by atoms with van der Waals surface area (Å²) in [5.74, 6) is 0.286. The molecule has 0 aliphatic rings. The van der Waals surface area contributed by atoms with Crippen molar-refractivity contribution in [2.75, 3.05) is 5.32 Å². The number of hydrogen-bond donors (Lipinski definition) is 2. The van der Waals surface area contributed by atoms with Crippen LogP contribution in [-0.4, -0.2) is 21.7 Å². The van der Waals surface area contributed by atoms with Gasteiger partial charge in [0.25, 0.3) is 0 Å². The zero-order valence-electron chi connectivity index (χ0n) is 16.0. The van der Waals surface area contributed by atoms with Crippen molar-refractivity contribution in [1.29, 1.82) is 0 Å². The highest BCUT2D eigenvalue weighted by molar-refractivity contribution is 6.34. The van der Waals surface area contributed by atoms with Crippen LogP contribution >= 0.6 is 23.2 Å².